The monoisotopic (exact) mass is 1160 g/mol. The number of methoxy groups -OCH3 is 8. The topological polar surface area (TPSA) is 131 Å². The molecule has 13 rings (SSSR count). The summed E-state index contributed by atoms with van der Waals surface area (Å²) in [5, 5.41) is 0. The number of nitrogens with one attached hydrogen (secondary N) is 2. The van der Waals surface area contributed by atoms with Crippen LogP contribution < -0.4 is 37.9 Å². The summed E-state index contributed by atoms with van der Waals surface area (Å²) in [6.45, 7) is 0. The van der Waals surface area contributed by atoms with Crippen molar-refractivity contribution < 1.29 is 37.9 Å². The molecule has 88 heavy (non-hydrogen) atoms. The third-order valence-electron chi connectivity index (χ3n) is 16.3. The van der Waals surface area contributed by atoms with Crippen molar-refractivity contribution in [3.63, 3.8) is 0 Å². The number of aromatic amines is 2. The van der Waals surface area contributed by atoms with E-state index in [1.165, 1.54) is 0 Å². The van der Waals surface area contributed by atoms with E-state index >= 15 is 0 Å². The van der Waals surface area contributed by atoms with Gasteiger partial charge in [0.05, 0.1) is 79.7 Å². The van der Waals surface area contributed by atoms with Crippen LogP contribution in [0.25, 0.3) is 88.9 Å². The molecule has 2 aliphatic rings. The van der Waals surface area contributed by atoms with Crippen molar-refractivity contribution in [3.8, 4) is 90.5 Å². The van der Waals surface area contributed by atoms with E-state index in [2.05, 4.69) is 131 Å². The number of benzene rings is 8. The highest BCUT2D eigenvalue weighted by molar-refractivity contribution is 6.12. The summed E-state index contributed by atoms with van der Waals surface area (Å²) in [7, 11) is 13.5. The number of fused-ring (bicyclic) bond motifs is 8. The lowest BCUT2D eigenvalue weighted by Gasteiger charge is -2.12. The van der Waals surface area contributed by atoms with Gasteiger partial charge in [0.2, 0.25) is 0 Å². The fraction of sp³-hybridized carbons (Fsp3) is 0.105. The second kappa shape index (κ2) is 24.0. The second-order valence-electron chi connectivity index (χ2n) is 21.1. The first-order valence-electron chi connectivity index (χ1n) is 28.7. The first-order valence-corrected chi connectivity index (χ1v) is 28.7. The molecule has 434 valence electrons. The smallest absolute Gasteiger partial charge is 0.118 e. The number of aromatic nitrogens is 4. The molecule has 8 aromatic carbocycles. The minimum atomic E-state index is 0.715. The molecule has 2 aliphatic heterocycles. The van der Waals surface area contributed by atoms with E-state index in [1.54, 1.807) is 56.9 Å². The minimum Gasteiger partial charge on any atom is -0.497 e. The summed E-state index contributed by atoms with van der Waals surface area (Å²) in [5.74, 6) is 5.83. The Kier molecular flexibility index (Phi) is 15.3. The largest absolute Gasteiger partial charge is 0.497 e. The van der Waals surface area contributed by atoms with Crippen molar-refractivity contribution in [1.82, 2.24) is 19.9 Å². The molecule has 0 saturated carbocycles. The van der Waals surface area contributed by atoms with Crippen LogP contribution in [-0.4, -0.2) is 76.8 Å². The van der Waals surface area contributed by atoms with Gasteiger partial charge in [-0.2, -0.15) is 0 Å². The molecular formula is C76H62N4O8. The highest BCUT2D eigenvalue weighted by Crippen LogP contribution is 2.48. The fourth-order valence-corrected chi connectivity index (χ4v) is 11.9. The third kappa shape index (κ3) is 10.5. The van der Waals surface area contributed by atoms with Crippen molar-refractivity contribution in [2.45, 2.75) is 0 Å². The average Bonchev–Trinajstić information content (AvgIpc) is 1.86. The number of rotatable bonds is 16. The number of ether oxygens (including phenoxy) is 8. The lowest BCUT2D eigenvalue weighted by molar-refractivity contribution is 0.414. The third-order valence-corrected chi connectivity index (χ3v) is 16.3. The van der Waals surface area contributed by atoms with Crippen LogP contribution >= 0.6 is 0 Å². The van der Waals surface area contributed by atoms with Gasteiger partial charge in [0.1, 0.15) is 46.0 Å². The van der Waals surface area contributed by atoms with E-state index in [1.807, 2.05) is 97.1 Å². The van der Waals surface area contributed by atoms with E-state index in [4.69, 9.17) is 47.9 Å². The van der Waals surface area contributed by atoms with Crippen LogP contribution in [0, 0.1) is 0 Å². The van der Waals surface area contributed by atoms with Gasteiger partial charge in [-0.05, 0) is 166 Å². The normalized spacial score (nSPS) is 12.0. The molecule has 2 N–H and O–H groups in total. The summed E-state index contributed by atoms with van der Waals surface area (Å²) in [5.41, 5.74) is 20.9. The van der Waals surface area contributed by atoms with Crippen molar-refractivity contribution in [2.24, 2.45) is 0 Å². The van der Waals surface area contributed by atoms with Crippen LogP contribution in [0.1, 0.15) is 45.0 Å². The lowest BCUT2D eigenvalue weighted by atomic mass is 9.90. The zero-order valence-electron chi connectivity index (χ0n) is 49.9. The van der Waals surface area contributed by atoms with E-state index in [9.17, 15) is 0 Å². The predicted octanol–water partition coefficient (Wildman–Crippen LogP) is 17.1. The van der Waals surface area contributed by atoms with Crippen LogP contribution in [0.4, 0.5) is 0 Å². The SMILES string of the molecule is COc1ccc(C2=C(c3ccc(OC)cc3)c3cc4[nH]c(cc5nc(cc6[nH]c(cc2n3)c(-c2ccc(OC)cc2)c6-c2ccc(OC)cc2)C(c2ccc(OC)cc2)=C5c2ccc(OC)cc2)c(-c2ccc(OC)cc2)c4-c2ccc(OC)cc2)cc1. The maximum absolute atomic E-state index is 5.83. The Balaban J connectivity index is 1.28. The molecular weight excluding hydrogens is 1100 g/mol. The fourth-order valence-electron chi connectivity index (χ4n) is 11.9. The molecule has 0 saturated heterocycles. The molecule has 0 unspecified atom stereocenters. The minimum absolute atomic E-state index is 0.715. The Morgan fingerprint density at radius 2 is 0.352 bits per heavy atom. The maximum Gasteiger partial charge on any atom is 0.118 e. The Labute approximate surface area is 510 Å². The van der Waals surface area contributed by atoms with Gasteiger partial charge < -0.3 is 47.9 Å². The number of H-pyrrole nitrogens is 2. The second-order valence-corrected chi connectivity index (χ2v) is 21.1. The summed E-state index contributed by atoms with van der Waals surface area (Å²) in [6.07, 6.45) is 0. The molecule has 12 heteroatoms. The first-order chi connectivity index (χ1) is 43.2. The Morgan fingerprint density at radius 1 is 0.205 bits per heavy atom. The predicted molar refractivity (Wildman–Crippen MR) is 351 cm³/mol. The van der Waals surface area contributed by atoms with Gasteiger partial charge in [-0.15, -0.1) is 0 Å². The van der Waals surface area contributed by atoms with E-state index < -0.39 is 0 Å². The van der Waals surface area contributed by atoms with Gasteiger partial charge in [0.25, 0.3) is 0 Å². The quantitative estimate of drug-likeness (QED) is 0.0964. The first kappa shape index (κ1) is 55.9. The van der Waals surface area contributed by atoms with Crippen molar-refractivity contribution >= 4 is 44.4 Å². The van der Waals surface area contributed by atoms with Crippen LogP contribution in [0.2, 0.25) is 0 Å². The molecule has 12 nitrogen and oxygen atoms in total. The van der Waals surface area contributed by atoms with Crippen molar-refractivity contribution in [1.29, 1.82) is 0 Å². The molecule has 5 heterocycles. The van der Waals surface area contributed by atoms with Gasteiger partial charge in [-0.3, -0.25) is 0 Å². The standard InChI is InChI=1S/C76H62N4O8/c1-81-53-25-9-45(10-26-53)69-61-41-63-71(47-13-29-55(83-3)30-14-47)73(49-17-33-57(85-5)34-18-49)65(78-63)43-67-75(51-21-37-59(87-7)38-22-51)76(52-23-39-60(88-8)40-24-52)68(80-67)44-66-74(50-19-35-58(86-6)36-20-50)72(48-15-31-56(84-4)32-16-48)64(79-66)42-62(77-61)70(69)46-11-27-54(82-2)28-12-46/h9-44,77,80H,1-8H3. The van der Waals surface area contributed by atoms with Gasteiger partial charge in [0.15, 0.2) is 0 Å². The van der Waals surface area contributed by atoms with Crippen LogP contribution in [0.5, 0.6) is 46.0 Å². The summed E-state index contributed by atoms with van der Waals surface area (Å²) in [4.78, 5) is 19.7. The molecule has 3 aromatic heterocycles. The zero-order chi connectivity index (χ0) is 60.4. The van der Waals surface area contributed by atoms with Crippen molar-refractivity contribution in [2.75, 3.05) is 56.9 Å². The maximum atomic E-state index is 5.83. The number of hydrogen-bond donors (Lipinski definition) is 2. The molecule has 0 amide bonds. The van der Waals surface area contributed by atoms with E-state index in [-0.39, 0.29) is 0 Å². The average molecular weight is 1160 g/mol. The van der Waals surface area contributed by atoms with Gasteiger partial charge >= 0.3 is 0 Å². The highest BCUT2D eigenvalue weighted by Gasteiger charge is 2.29. The molecule has 0 spiro atoms. The molecule has 0 aliphatic carbocycles. The van der Waals surface area contributed by atoms with Gasteiger partial charge in [-0.1, -0.05) is 97.1 Å². The molecule has 11 aromatic rings. The number of hydrogen-bond acceptors (Lipinski definition) is 10. The summed E-state index contributed by atoms with van der Waals surface area (Å²) in [6, 6.07) is 74.2. The Hall–Kier alpha value is -11.2. The van der Waals surface area contributed by atoms with E-state index in [0.29, 0.717) is 22.8 Å². The Bertz CT molecular complexity index is 4040. The van der Waals surface area contributed by atoms with Crippen LogP contribution in [0.3, 0.4) is 0 Å². The van der Waals surface area contributed by atoms with Crippen LogP contribution in [0.15, 0.2) is 218 Å². The summed E-state index contributed by atoms with van der Waals surface area (Å²) < 4.78 is 46.2. The molecule has 8 bridgehead atoms. The van der Waals surface area contributed by atoms with E-state index in [0.717, 1.165) is 157 Å². The number of nitrogens with zero attached hydrogens (tertiary/aromatic N) is 2. The molecule has 0 radical (unpaired) electrons. The zero-order valence-corrected chi connectivity index (χ0v) is 49.9. The van der Waals surface area contributed by atoms with Crippen molar-refractivity contribution in [3.05, 3.63) is 263 Å². The van der Waals surface area contributed by atoms with Gasteiger partial charge in [-0.25, -0.2) is 9.97 Å². The lowest BCUT2D eigenvalue weighted by Crippen LogP contribution is -1.92. The molecule has 0 fully saturated rings. The molecule has 0 atom stereocenters. The van der Waals surface area contributed by atoms with Gasteiger partial charge in [0, 0.05) is 66.6 Å². The Morgan fingerprint density at radius 3 is 0.500 bits per heavy atom. The van der Waals surface area contributed by atoms with Crippen LogP contribution in [-0.2, 0) is 0 Å². The highest BCUT2D eigenvalue weighted by atomic mass is 16.5. The summed E-state index contributed by atoms with van der Waals surface area (Å²) >= 11 is 0.